The maximum atomic E-state index is 14.8. The number of fused-ring (bicyclic) bond motifs is 2. The smallest absolute Gasteiger partial charge is 0.354 e. The number of rotatable bonds is 3. The molecule has 9 heteroatoms. The summed E-state index contributed by atoms with van der Waals surface area (Å²) in [6, 6.07) is 2.46. The lowest BCUT2D eigenvalue weighted by atomic mass is 9.98. The maximum Gasteiger partial charge on any atom is 0.354 e. The average molecular weight is 450 g/mol. The van der Waals surface area contributed by atoms with Crippen LogP contribution in [0.1, 0.15) is 54.5 Å². The van der Waals surface area contributed by atoms with Crippen LogP contribution >= 0.6 is 0 Å². The first kappa shape index (κ1) is 21.9. The number of amides is 2. The van der Waals surface area contributed by atoms with E-state index in [2.05, 4.69) is 9.68 Å². The minimum absolute atomic E-state index is 0.0734. The maximum absolute atomic E-state index is 14.8. The fourth-order valence-electron chi connectivity index (χ4n) is 4.50. The number of halogens is 2. The fourth-order valence-corrected chi connectivity index (χ4v) is 5.45. The van der Waals surface area contributed by atoms with E-state index >= 15 is 0 Å². The van der Waals surface area contributed by atoms with Crippen molar-refractivity contribution in [3.63, 3.8) is 0 Å². The Hall–Kier alpha value is -2.36. The molecule has 166 valence electrons. The zero-order chi connectivity index (χ0) is 22.6. The van der Waals surface area contributed by atoms with Crippen molar-refractivity contribution in [2.24, 2.45) is 9.50 Å². The van der Waals surface area contributed by atoms with Gasteiger partial charge in [-0.3, -0.25) is 0 Å². The Kier molecular flexibility index (Phi) is 5.39. The summed E-state index contributed by atoms with van der Waals surface area (Å²) in [5.74, 6) is -0.851. The van der Waals surface area contributed by atoms with Crippen LogP contribution in [0.25, 0.3) is 0 Å². The first-order valence-corrected chi connectivity index (χ1v) is 11.8. The van der Waals surface area contributed by atoms with Crippen molar-refractivity contribution < 1.29 is 22.9 Å². The van der Waals surface area contributed by atoms with Crippen molar-refractivity contribution in [1.82, 2.24) is 0 Å². The Balaban J connectivity index is 1.71. The van der Waals surface area contributed by atoms with Gasteiger partial charge in [0.1, 0.15) is 21.5 Å². The van der Waals surface area contributed by atoms with Crippen molar-refractivity contribution in [2.75, 3.05) is 5.32 Å². The highest BCUT2D eigenvalue weighted by Gasteiger charge is 2.30. The number of carbonyl (C=O) groups is 1. The summed E-state index contributed by atoms with van der Waals surface area (Å²) in [4.78, 5) is 12.6. The molecule has 2 aliphatic rings. The number of nitrogens with two attached hydrogens (primary N) is 1. The molecule has 0 bridgehead atoms. The summed E-state index contributed by atoms with van der Waals surface area (Å²) in [7, 11) is -3.70. The molecule has 6 nitrogen and oxygen atoms in total. The van der Waals surface area contributed by atoms with Gasteiger partial charge in [-0.25, -0.2) is 22.9 Å². The second-order valence-corrected chi connectivity index (χ2v) is 10.4. The number of aliphatic hydroxyl groups is 1. The van der Waals surface area contributed by atoms with Gasteiger partial charge in [0.2, 0.25) is 0 Å². The molecule has 0 radical (unpaired) electrons. The number of carbonyl (C=O) groups excluding carboxylic acids is 1. The number of hydrogen-bond donors (Lipinski definition) is 3. The van der Waals surface area contributed by atoms with Crippen LogP contribution in [0.3, 0.4) is 0 Å². The van der Waals surface area contributed by atoms with E-state index < -0.39 is 27.4 Å². The molecule has 1 unspecified atom stereocenters. The monoisotopic (exact) mass is 449 g/mol. The second kappa shape index (κ2) is 7.65. The molecule has 31 heavy (non-hydrogen) atoms. The lowest BCUT2D eigenvalue weighted by molar-refractivity contribution is 0.0743. The number of urea groups is 1. The minimum Gasteiger partial charge on any atom is -0.386 e. The van der Waals surface area contributed by atoms with Gasteiger partial charge in [0, 0.05) is 11.3 Å². The third-order valence-electron chi connectivity index (χ3n) is 5.95. The second-order valence-electron chi connectivity index (χ2n) is 8.60. The molecule has 2 aromatic carbocycles. The van der Waals surface area contributed by atoms with Gasteiger partial charge in [-0.05, 0) is 92.8 Å². The van der Waals surface area contributed by atoms with E-state index in [0.717, 1.165) is 36.1 Å². The van der Waals surface area contributed by atoms with Gasteiger partial charge < -0.3 is 10.4 Å². The van der Waals surface area contributed by atoms with Crippen molar-refractivity contribution in [1.29, 1.82) is 0 Å². The summed E-state index contributed by atoms with van der Waals surface area (Å²) >= 11 is 0. The molecule has 2 aromatic rings. The topological polar surface area (TPSA) is 105 Å². The van der Waals surface area contributed by atoms with Gasteiger partial charge in [-0.2, -0.15) is 0 Å². The Bertz CT molecular complexity index is 1180. The normalized spacial score (nSPS) is 17.1. The Morgan fingerprint density at radius 3 is 2.19 bits per heavy atom. The molecule has 2 aliphatic carbocycles. The molecule has 0 aliphatic heterocycles. The molecule has 4 N–H and O–H groups in total. The highest BCUT2D eigenvalue weighted by Crippen LogP contribution is 2.41. The molecule has 0 saturated carbocycles. The van der Waals surface area contributed by atoms with Crippen LogP contribution in [0.2, 0.25) is 0 Å². The summed E-state index contributed by atoms with van der Waals surface area (Å²) in [6.45, 7) is 2.76. The molecule has 0 saturated heterocycles. The highest BCUT2D eigenvalue weighted by atomic mass is 32.2. The number of anilines is 1. The molecule has 0 fully saturated rings. The van der Waals surface area contributed by atoms with E-state index in [1.807, 2.05) is 0 Å². The average Bonchev–Trinajstić information content (AvgIpc) is 3.34. The summed E-state index contributed by atoms with van der Waals surface area (Å²) in [6.07, 6.45) is 4.16. The molecule has 1 atom stereocenters. The lowest BCUT2D eigenvalue weighted by Crippen LogP contribution is -2.22. The van der Waals surface area contributed by atoms with Gasteiger partial charge in [0.05, 0.1) is 10.5 Å². The molecule has 0 aromatic heterocycles. The number of nitrogens with one attached hydrogen (secondary N) is 1. The zero-order valence-electron chi connectivity index (χ0n) is 17.4. The summed E-state index contributed by atoms with van der Waals surface area (Å²) < 4.78 is 45.5. The number of benzene rings is 2. The third-order valence-corrected chi connectivity index (χ3v) is 7.32. The standard InChI is InChI=1S/C22H25F2N3O3S/c1-22(2,29)17-11-12(9-10-18(17)23)31(25,30)27-21(28)26-20-15-7-3-5-13(15)19(24)14-6-4-8-16(14)20/h9-11,29H,3-8H2,1-2H3,(H3,25,26,27,28,30). The number of nitrogens with zero attached hydrogens (tertiary/aromatic N) is 1. The SMILES string of the molecule is CC(C)(O)c1cc(S(N)(=O)=NC(=O)Nc2c3c(c(F)c4c2CCC4)CCC3)ccc1F. The quantitative estimate of drug-likeness (QED) is 0.657. The van der Waals surface area contributed by atoms with Crippen LogP contribution < -0.4 is 10.5 Å². The van der Waals surface area contributed by atoms with E-state index in [1.54, 1.807) is 0 Å². The molecular weight excluding hydrogens is 424 g/mol. The van der Waals surface area contributed by atoms with Crippen molar-refractivity contribution in [3.8, 4) is 0 Å². The highest BCUT2D eigenvalue weighted by molar-refractivity contribution is 7.91. The minimum atomic E-state index is -3.70. The van der Waals surface area contributed by atoms with E-state index in [1.165, 1.54) is 19.9 Å². The zero-order valence-corrected chi connectivity index (χ0v) is 18.2. The van der Waals surface area contributed by atoms with E-state index in [4.69, 9.17) is 5.14 Å². The van der Waals surface area contributed by atoms with Gasteiger partial charge >= 0.3 is 6.03 Å². The van der Waals surface area contributed by atoms with Gasteiger partial charge in [0.15, 0.2) is 0 Å². The largest absolute Gasteiger partial charge is 0.386 e. The van der Waals surface area contributed by atoms with Gasteiger partial charge in [0.25, 0.3) is 0 Å². The molecule has 0 heterocycles. The van der Waals surface area contributed by atoms with Crippen molar-refractivity contribution in [3.05, 3.63) is 57.7 Å². The lowest BCUT2D eigenvalue weighted by Gasteiger charge is -2.19. The van der Waals surface area contributed by atoms with Crippen LogP contribution in [0.4, 0.5) is 19.3 Å². The van der Waals surface area contributed by atoms with E-state index in [-0.39, 0.29) is 16.3 Å². The molecule has 4 rings (SSSR count). The first-order valence-electron chi connectivity index (χ1n) is 10.2. The van der Waals surface area contributed by atoms with Crippen molar-refractivity contribution in [2.45, 2.75) is 62.9 Å². The first-order chi connectivity index (χ1) is 14.5. The van der Waals surface area contributed by atoms with Gasteiger partial charge in [-0.15, -0.1) is 4.36 Å². The van der Waals surface area contributed by atoms with Crippen LogP contribution in [-0.2, 0) is 41.2 Å². The Labute approximate surface area is 180 Å². The van der Waals surface area contributed by atoms with E-state index in [0.29, 0.717) is 42.5 Å². The van der Waals surface area contributed by atoms with Crippen molar-refractivity contribution >= 4 is 21.6 Å². The van der Waals surface area contributed by atoms with Crippen LogP contribution in [-0.4, -0.2) is 15.3 Å². The fraction of sp³-hybridized carbons (Fsp3) is 0.409. The third kappa shape index (κ3) is 3.97. The molecule has 2 amide bonds. The van der Waals surface area contributed by atoms with E-state index in [9.17, 15) is 22.9 Å². The Morgan fingerprint density at radius 1 is 1.10 bits per heavy atom. The van der Waals surface area contributed by atoms with Crippen LogP contribution in [0.5, 0.6) is 0 Å². The Morgan fingerprint density at radius 2 is 1.65 bits per heavy atom. The van der Waals surface area contributed by atoms with Gasteiger partial charge in [-0.1, -0.05) is 0 Å². The predicted molar refractivity (Wildman–Crippen MR) is 114 cm³/mol. The van der Waals surface area contributed by atoms with Crippen LogP contribution in [0.15, 0.2) is 27.5 Å². The van der Waals surface area contributed by atoms with Crippen LogP contribution in [0, 0.1) is 11.6 Å². The summed E-state index contributed by atoms with van der Waals surface area (Å²) in [5, 5.41) is 18.7. The molecule has 0 spiro atoms. The molecular formula is C22H25F2N3O3S. The predicted octanol–water partition coefficient (Wildman–Crippen LogP) is 4.10. The summed E-state index contributed by atoms with van der Waals surface area (Å²) in [5.41, 5.74) is 1.74. The number of hydrogen-bond acceptors (Lipinski definition) is 3.